The molecule has 0 aromatic heterocycles. The Bertz CT molecular complexity index is 253. The summed E-state index contributed by atoms with van der Waals surface area (Å²) < 4.78 is 0. The zero-order chi connectivity index (χ0) is 11.7. The van der Waals surface area contributed by atoms with Crippen molar-refractivity contribution in [2.75, 3.05) is 28.2 Å². The first kappa shape index (κ1) is 11.9. The van der Waals surface area contributed by atoms with Crippen LogP contribution in [0.25, 0.3) is 0 Å². The van der Waals surface area contributed by atoms with E-state index in [0.29, 0.717) is 11.0 Å². The van der Waals surface area contributed by atoms with Gasteiger partial charge in [-0.15, -0.1) is 0 Å². The lowest BCUT2D eigenvalue weighted by Crippen LogP contribution is -2.33. The molecule has 2 heterocycles. The van der Waals surface area contributed by atoms with Crippen LogP contribution in [0.4, 0.5) is 0 Å². The average molecular weight is 258 g/mol. The standard InChI is InChI=1S/C10H18N4S2/c1-11-5-6-12(2)9(11)15-16-10-13(3)7-8-14(10)4/h5-10H,1-4H3. The Morgan fingerprint density at radius 3 is 1.12 bits per heavy atom. The number of hydrogen-bond acceptors (Lipinski definition) is 6. The molecular weight excluding hydrogens is 240 g/mol. The van der Waals surface area contributed by atoms with Gasteiger partial charge in [0.05, 0.1) is 0 Å². The first-order chi connectivity index (χ1) is 7.59. The van der Waals surface area contributed by atoms with Crippen LogP contribution in [0.15, 0.2) is 24.8 Å². The third-order valence-electron chi connectivity index (χ3n) is 2.70. The molecule has 0 aliphatic carbocycles. The van der Waals surface area contributed by atoms with Crippen LogP contribution < -0.4 is 0 Å². The lowest BCUT2D eigenvalue weighted by Gasteiger charge is -2.31. The summed E-state index contributed by atoms with van der Waals surface area (Å²) in [5.41, 5.74) is 0.791. The molecule has 6 heteroatoms. The van der Waals surface area contributed by atoms with Gasteiger partial charge in [0.15, 0.2) is 11.0 Å². The summed E-state index contributed by atoms with van der Waals surface area (Å²) in [5, 5.41) is 0. The van der Waals surface area contributed by atoms with Crippen molar-refractivity contribution in [2.45, 2.75) is 11.0 Å². The Morgan fingerprint density at radius 1 is 0.625 bits per heavy atom. The quantitative estimate of drug-likeness (QED) is 0.709. The smallest absolute Gasteiger partial charge is 0.159 e. The van der Waals surface area contributed by atoms with Gasteiger partial charge in [-0.1, -0.05) is 0 Å². The normalized spacial score (nSPS) is 22.0. The van der Waals surface area contributed by atoms with Crippen LogP contribution in [-0.2, 0) is 0 Å². The van der Waals surface area contributed by atoms with Gasteiger partial charge in [0.1, 0.15) is 0 Å². The molecule has 0 saturated heterocycles. The van der Waals surface area contributed by atoms with Gasteiger partial charge in [0.25, 0.3) is 0 Å². The summed E-state index contributed by atoms with van der Waals surface area (Å²) in [6.07, 6.45) is 8.44. The summed E-state index contributed by atoms with van der Waals surface area (Å²) in [5.74, 6) is 0. The first-order valence-electron chi connectivity index (χ1n) is 5.16. The summed E-state index contributed by atoms with van der Waals surface area (Å²) in [4.78, 5) is 8.89. The number of nitrogens with zero attached hydrogens (tertiary/aromatic N) is 4. The van der Waals surface area contributed by atoms with E-state index < -0.39 is 0 Å². The van der Waals surface area contributed by atoms with E-state index in [1.165, 1.54) is 0 Å². The SMILES string of the molecule is CN1C=CN(C)C1SSC1N(C)C=CN1C. The minimum Gasteiger partial charge on any atom is -0.350 e. The number of rotatable bonds is 3. The van der Waals surface area contributed by atoms with Crippen molar-refractivity contribution in [3.8, 4) is 0 Å². The maximum atomic E-state index is 2.22. The lowest BCUT2D eigenvalue weighted by molar-refractivity contribution is 0.298. The molecule has 4 nitrogen and oxygen atoms in total. The van der Waals surface area contributed by atoms with Gasteiger partial charge < -0.3 is 19.6 Å². The molecule has 0 aromatic carbocycles. The third kappa shape index (κ3) is 2.22. The Kier molecular flexibility index (Phi) is 3.49. The van der Waals surface area contributed by atoms with Crippen LogP contribution in [0, 0.1) is 0 Å². The Labute approximate surface area is 105 Å². The monoisotopic (exact) mass is 258 g/mol. The largest absolute Gasteiger partial charge is 0.350 e. The lowest BCUT2D eigenvalue weighted by atomic mass is 10.8. The molecule has 0 bridgehead atoms. The summed E-state index contributed by atoms with van der Waals surface area (Å²) >= 11 is 0. The van der Waals surface area contributed by atoms with Crippen molar-refractivity contribution in [1.82, 2.24) is 19.6 Å². The highest BCUT2D eigenvalue weighted by Gasteiger charge is 2.27. The van der Waals surface area contributed by atoms with E-state index in [0.717, 1.165) is 0 Å². The van der Waals surface area contributed by atoms with Gasteiger partial charge in [-0.05, 0) is 21.6 Å². The first-order valence-corrected chi connectivity index (χ1v) is 7.44. The van der Waals surface area contributed by atoms with Gasteiger partial charge in [-0.2, -0.15) is 0 Å². The van der Waals surface area contributed by atoms with Crippen molar-refractivity contribution in [3.63, 3.8) is 0 Å². The fourth-order valence-corrected chi connectivity index (χ4v) is 4.91. The van der Waals surface area contributed by atoms with E-state index in [9.17, 15) is 0 Å². The van der Waals surface area contributed by atoms with Crippen LogP contribution >= 0.6 is 21.6 Å². The predicted octanol–water partition coefficient (Wildman–Crippen LogP) is 1.63. The van der Waals surface area contributed by atoms with Gasteiger partial charge in [0.2, 0.25) is 0 Å². The highest BCUT2D eigenvalue weighted by molar-refractivity contribution is 8.77. The third-order valence-corrected chi connectivity index (χ3v) is 5.85. The van der Waals surface area contributed by atoms with E-state index in [4.69, 9.17) is 0 Å². The molecule has 2 aliphatic rings. The minimum absolute atomic E-state index is 0.396. The van der Waals surface area contributed by atoms with Crippen LogP contribution in [0.5, 0.6) is 0 Å². The number of hydrogen-bond donors (Lipinski definition) is 0. The zero-order valence-electron chi connectivity index (χ0n) is 10.1. The molecule has 0 saturated carbocycles. The predicted molar refractivity (Wildman–Crippen MR) is 72.1 cm³/mol. The van der Waals surface area contributed by atoms with Crippen molar-refractivity contribution >= 4 is 21.6 Å². The summed E-state index contributed by atoms with van der Waals surface area (Å²) in [6, 6.07) is 0. The van der Waals surface area contributed by atoms with Gasteiger partial charge in [-0.3, -0.25) is 0 Å². The highest BCUT2D eigenvalue weighted by Crippen LogP contribution is 2.39. The second kappa shape index (κ2) is 4.71. The van der Waals surface area contributed by atoms with Crippen LogP contribution in [0.3, 0.4) is 0 Å². The van der Waals surface area contributed by atoms with Crippen molar-refractivity contribution in [2.24, 2.45) is 0 Å². The molecule has 0 N–H and O–H groups in total. The van der Waals surface area contributed by atoms with E-state index in [1.54, 1.807) is 0 Å². The second-order valence-corrected chi connectivity index (χ2v) is 6.49. The van der Waals surface area contributed by atoms with Crippen molar-refractivity contribution in [1.29, 1.82) is 0 Å². The molecule has 0 spiro atoms. The molecule has 16 heavy (non-hydrogen) atoms. The average Bonchev–Trinajstić information content (AvgIpc) is 2.72. The van der Waals surface area contributed by atoms with Crippen LogP contribution in [0.2, 0.25) is 0 Å². The van der Waals surface area contributed by atoms with Crippen molar-refractivity contribution in [3.05, 3.63) is 24.8 Å². The Hall–Kier alpha value is -0.620. The van der Waals surface area contributed by atoms with Gasteiger partial charge in [0, 0.05) is 53.0 Å². The fourth-order valence-electron chi connectivity index (χ4n) is 1.66. The molecule has 0 atom stereocenters. The zero-order valence-corrected chi connectivity index (χ0v) is 11.7. The van der Waals surface area contributed by atoms with Crippen LogP contribution in [-0.4, -0.2) is 58.8 Å². The maximum Gasteiger partial charge on any atom is 0.159 e. The maximum absolute atomic E-state index is 2.22. The topological polar surface area (TPSA) is 13.0 Å². The second-order valence-electron chi connectivity index (χ2n) is 4.10. The van der Waals surface area contributed by atoms with Gasteiger partial charge >= 0.3 is 0 Å². The van der Waals surface area contributed by atoms with E-state index in [1.807, 2.05) is 21.6 Å². The summed E-state index contributed by atoms with van der Waals surface area (Å²) in [6.45, 7) is 0. The molecule has 0 fully saturated rings. The Balaban J connectivity index is 1.84. The van der Waals surface area contributed by atoms with E-state index in [2.05, 4.69) is 72.6 Å². The van der Waals surface area contributed by atoms with Gasteiger partial charge in [-0.25, -0.2) is 0 Å². The molecule has 0 unspecified atom stereocenters. The molecule has 2 aliphatic heterocycles. The molecule has 0 amide bonds. The van der Waals surface area contributed by atoms with Crippen molar-refractivity contribution < 1.29 is 0 Å². The summed E-state index contributed by atoms with van der Waals surface area (Å²) in [7, 11) is 12.2. The molecule has 0 radical (unpaired) electrons. The Morgan fingerprint density at radius 2 is 0.875 bits per heavy atom. The fraction of sp³-hybridized carbons (Fsp3) is 0.600. The van der Waals surface area contributed by atoms with E-state index in [-0.39, 0.29) is 0 Å². The van der Waals surface area contributed by atoms with Crippen LogP contribution in [0.1, 0.15) is 0 Å². The molecule has 2 rings (SSSR count). The minimum atomic E-state index is 0.396. The molecular formula is C10H18N4S2. The molecule has 0 aromatic rings. The molecule has 90 valence electrons. The highest BCUT2D eigenvalue weighted by atomic mass is 33.1. The van der Waals surface area contributed by atoms with E-state index >= 15 is 0 Å².